The van der Waals surface area contributed by atoms with Crippen molar-refractivity contribution in [2.75, 3.05) is 0 Å². The number of hydrogen-bond acceptors (Lipinski definition) is 1. The lowest BCUT2D eigenvalue weighted by Gasteiger charge is -2.16. The van der Waals surface area contributed by atoms with Crippen LogP contribution in [0.4, 0.5) is 17.6 Å². The molecule has 0 amide bonds. The van der Waals surface area contributed by atoms with Crippen molar-refractivity contribution >= 4 is 15.9 Å². The summed E-state index contributed by atoms with van der Waals surface area (Å²) in [6, 6.07) is 2.64. The van der Waals surface area contributed by atoms with Gasteiger partial charge in [0.2, 0.25) is 0 Å². The van der Waals surface area contributed by atoms with Gasteiger partial charge in [-0.2, -0.15) is 0 Å². The summed E-state index contributed by atoms with van der Waals surface area (Å²) >= 11 is 2.91. The monoisotopic (exact) mass is 347 g/mol. The molecular weight excluding hydrogens is 338 g/mol. The van der Waals surface area contributed by atoms with Crippen molar-refractivity contribution in [3.05, 3.63) is 68.7 Å². The van der Waals surface area contributed by atoms with Crippen LogP contribution in [0.25, 0.3) is 0 Å². The summed E-state index contributed by atoms with van der Waals surface area (Å²) in [6.07, 6.45) is 0. The molecule has 2 aromatic carbocycles. The maximum atomic E-state index is 13.9. The summed E-state index contributed by atoms with van der Waals surface area (Å²) in [7, 11) is 0. The Hall–Kier alpha value is -1.40. The van der Waals surface area contributed by atoms with Crippen molar-refractivity contribution < 1.29 is 17.6 Å². The minimum Gasteiger partial charge on any atom is -0.320 e. The quantitative estimate of drug-likeness (QED) is 0.633. The number of halogens is 5. The van der Waals surface area contributed by atoms with E-state index in [1.54, 1.807) is 0 Å². The molecule has 1 nitrogen and oxygen atoms in total. The molecule has 0 spiro atoms. The van der Waals surface area contributed by atoms with E-state index in [-0.39, 0.29) is 15.6 Å². The Bertz CT molecular complexity index is 673. The van der Waals surface area contributed by atoms with Gasteiger partial charge in [0, 0.05) is 17.2 Å². The Morgan fingerprint density at radius 2 is 1.65 bits per heavy atom. The fraction of sp³-hybridized carbons (Fsp3) is 0.143. The van der Waals surface area contributed by atoms with E-state index in [2.05, 4.69) is 15.9 Å². The molecule has 0 bridgehead atoms. The lowest BCUT2D eigenvalue weighted by molar-refractivity contribution is 0.524. The fourth-order valence-electron chi connectivity index (χ4n) is 1.90. The SMILES string of the molecule is Cc1cc(C(N)c2c(F)ccc(Br)c2F)c(F)cc1F. The van der Waals surface area contributed by atoms with E-state index < -0.39 is 34.9 Å². The third-order valence-corrected chi connectivity index (χ3v) is 3.62. The number of aryl methyl sites for hydroxylation is 1. The van der Waals surface area contributed by atoms with E-state index in [0.717, 1.165) is 12.1 Å². The molecule has 20 heavy (non-hydrogen) atoms. The predicted octanol–water partition coefficient (Wildman–Crippen LogP) is 4.36. The maximum Gasteiger partial charge on any atom is 0.145 e. The minimum atomic E-state index is -1.37. The zero-order valence-corrected chi connectivity index (χ0v) is 11.9. The fourth-order valence-corrected chi connectivity index (χ4v) is 2.25. The second-order valence-electron chi connectivity index (χ2n) is 4.36. The zero-order chi connectivity index (χ0) is 15.0. The van der Waals surface area contributed by atoms with E-state index in [4.69, 9.17) is 5.73 Å². The van der Waals surface area contributed by atoms with Crippen LogP contribution in [0.2, 0.25) is 0 Å². The van der Waals surface area contributed by atoms with Gasteiger partial charge in [-0.25, -0.2) is 17.6 Å². The Morgan fingerprint density at radius 1 is 1.00 bits per heavy atom. The molecule has 0 saturated heterocycles. The lowest BCUT2D eigenvalue weighted by atomic mass is 9.96. The number of nitrogens with two attached hydrogens (primary N) is 1. The van der Waals surface area contributed by atoms with Crippen molar-refractivity contribution in [1.29, 1.82) is 0 Å². The average molecular weight is 348 g/mol. The van der Waals surface area contributed by atoms with Crippen LogP contribution in [-0.4, -0.2) is 0 Å². The van der Waals surface area contributed by atoms with Crippen LogP contribution in [0.5, 0.6) is 0 Å². The average Bonchev–Trinajstić information content (AvgIpc) is 2.38. The molecular formula is C14H10BrF4N. The van der Waals surface area contributed by atoms with Crippen LogP contribution >= 0.6 is 15.9 Å². The van der Waals surface area contributed by atoms with Crippen LogP contribution in [0, 0.1) is 30.2 Å². The Labute approximate surface area is 121 Å². The summed E-state index contributed by atoms with van der Waals surface area (Å²) in [5.41, 5.74) is 5.25. The molecule has 2 rings (SSSR count). The van der Waals surface area contributed by atoms with E-state index in [0.29, 0.717) is 6.07 Å². The normalized spacial score (nSPS) is 12.6. The topological polar surface area (TPSA) is 26.0 Å². The first-order chi connectivity index (χ1) is 9.32. The first-order valence-electron chi connectivity index (χ1n) is 5.67. The molecule has 1 atom stereocenters. The highest BCUT2D eigenvalue weighted by molar-refractivity contribution is 9.10. The van der Waals surface area contributed by atoms with Crippen molar-refractivity contribution in [1.82, 2.24) is 0 Å². The van der Waals surface area contributed by atoms with Crippen molar-refractivity contribution in [2.45, 2.75) is 13.0 Å². The first-order valence-corrected chi connectivity index (χ1v) is 6.46. The highest BCUT2D eigenvalue weighted by Gasteiger charge is 2.23. The number of benzene rings is 2. The smallest absolute Gasteiger partial charge is 0.145 e. The van der Waals surface area contributed by atoms with E-state index in [1.807, 2.05) is 0 Å². The van der Waals surface area contributed by atoms with Gasteiger partial charge in [0.15, 0.2) is 0 Å². The van der Waals surface area contributed by atoms with Gasteiger partial charge in [0.1, 0.15) is 23.3 Å². The molecule has 0 radical (unpaired) electrons. The predicted molar refractivity (Wildman–Crippen MR) is 71.2 cm³/mol. The van der Waals surface area contributed by atoms with Gasteiger partial charge >= 0.3 is 0 Å². The number of rotatable bonds is 2. The van der Waals surface area contributed by atoms with Crippen molar-refractivity contribution in [3.8, 4) is 0 Å². The van der Waals surface area contributed by atoms with E-state index in [9.17, 15) is 17.6 Å². The second-order valence-corrected chi connectivity index (χ2v) is 5.21. The summed E-state index contributed by atoms with van der Waals surface area (Å²) in [5, 5.41) is 0. The molecule has 1 unspecified atom stereocenters. The van der Waals surface area contributed by atoms with Gasteiger partial charge in [0.05, 0.1) is 10.5 Å². The maximum absolute atomic E-state index is 13.9. The van der Waals surface area contributed by atoms with Gasteiger partial charge in [0.25, 0.3) is 0 Å². The van der Waals surface area contributed by atoms with Gasteiger partial charge in [-0.1, -0.05) is 0 Å². The number of hydrogen-bond donors (Lipinski definition) is 1. The zero-order valence-electron chi connectivity index (χ0n) is 10.4. The molecule has 0 aliphatic heterocycles. The summed E-state index contributed by atoms with van der Waals surface area (Å²) in [4.78, 5) is 0. The lowest BCUT2D eigenvalue weighted by Crippen LogP contribution is -2.18. The molecule has 106 valence electrons. The van der Waals surface area contributed by atoms with E-state index in [1.165, 1.54) is 13.0 Å². The molecule has 0 saturated carbocycles. The highest BCUT2D eigenvalue weighted by atomic mass is 79.9. The molecule has 0 aromatic heterocycles. The largest absolute Gasteiger partial charge is 0.320 e. The Kier molecular flexibility index (Phi) is 4.15. The van der Waals surface area contributed by atoms with Crippen molar-refractivity contribution in [3.63, 3.8) is 0 Å². The molecule has 2 N–H and O–H groups in total. The third kappa shape index (κ3) is 2.58. The standard InChI is InChI=1S/C14H10BrF4N/c1-6-4-7(11(18)5-10(6)17)14(20)12-9(16)3-2-8(15)13(12)19/h2-5,14H,20H2,1H3. The van der Waals surface area contributed by atoms with E-state index >= 15 is 0 Å². The molecule has 0 fully saturated rings. The summed E-state index contributed by atoms with van der Waals surface area (Å²) < 4.78 is 54.7. The summed E-state index contributed by atoms with van der Waals surface area (Å²) in [5.74, 6) is -3.48. The Balaban J connectivity index is 2.60. The molecule has 2 aromatic rings. The minimum absolute atomic E-state index is 0.0172. The first kappa shape index (κ1) is 15.0. The second kappa shape index (κ2) is 5.54. The van der Waals surface area contributed by atoms with Gasteiger partial charge in [-0.05, 0) is 46.6 Å². The van der Waals surface area contributed by atoms with Gasteiger partial charge < -0.3 is 5.73 Å². The van der Waals surface area contributed by atoms with Crippen LogP contribution in [0.15, 0.2) is 28.7 Å². The van der Waals surface area contributed by atoms with Crippen LogP contribution < -0.4 is 5.73 Å². The molecule has 6 heteroatoms. The van der Waals surface area contributed by atoms with Gasteiger partial charge in [-0.15, -0.1) is 0 Å². The molecule has 0 aliphatic rings. The van der Waals surface area contributed by atoms with Crippen LogP contribution in [-0.2, 0) is 0 Å². The van der Waals surface area contributed by atoms with Crippen LogP contribution in [0.3, 0.4) is 0 Å². The van der Waals surface area contributed by atoms with Crippen LogP contribution in [0.1, 0.15) is 22.7 Å². The highest BCUT2D eigenvalue weighted by Crippen LogP contribution is 2.31. The molecule has 0 aliphatic carbocycles. The Morgan fingerprint density at radius 3 is 2.30 bits per heavy atom. The van der Waals surface area contributed by atoms with Gasteiger partial charge in [-0.3, -0.25) is 0 Å². The third-order valence-electron chi connectivity index (χ3n) is 3.00. The molecule has 0 heterocycles. The van der Waals surface area contributed by atoms with Crippen molar-refractivity contribution in [2.24, 2.45) is 5.73 Å². The summed E-state index contributed by atoms with van der Waals surface area (Å²) in [6.45, 7) is 1.42.